The summed E-state index contributed by atoms with van der Waals surface area (Å²) in [5.41, 5.74) is -1.66. The van der Waals surface area contributed by atoms with Gasteiger partial charge in [-0.1, -0.05) is 104 Å². The summed E-state index contributed by atoms with van der Waals surface area (Å²) in [7, 11) is -4.50. The van der Waals surface area contributed by atoms with Crippen LogP contribution >= 0.6 is 0 Å². The van der Waals surface area contributed by atoms with Crippen LogP contribution in [0.2, 0.25) is 0 Å². The first-order valence-corrected chi connectivity index (χ1v) is 13.4. The van der Waals surface area contributed by atoms with Gasteiger partial charge in [-0.25, -0.2) is 4.18 Å². The summed E-state index contributed by atoms with van der Waals surface area (Å²) >= 11 is 0. The topological polar surface area (TPSA) is 76.1 Å². The van der Waals surface area contributed by atoms with Crippen LogP contribution in [0, 0.1) is 0 Å². The van der Waals surface area contributed by atoms with Crippen LogP contribution in [0.25, 0.3) is 0 Å². The first-order chi connectivity index (χ1) is 13.7. The molecule has 29 heavy (non-hydrogen) atoms. The molecule has 0 aromatic carbocycles. The van der Waals surface area contributed by atoms with Gasteiger partial charge in [-0.15, -0.1) is 0 Å². The van der Waals surface area contributed by atoms with Crippen LogP contribution in [-0.4, -0.2) is 30.3 Å². The van der Waals surface area contributed by atoms with Crippen LogP contribution in [0.4, 0.5) is 0 Å². The lowest BCUT2D eigenvalue weighted by molar-refractivity contribution is 0.00928. The largest absolute Gasteiger partial charge is 0.397 e. The Bertz CT molecular complexity index is 531. The highest BCUT2D eigenvalue weighted by Gasteiger charge is 2.65. The van der Waals surface area contributed by atoms with Gasteiger partial charge in [-0.3, -0.25) is 4.55 Å². The second-order valence-electron chi connectivity index (χ2n) is 9.30. The second-order valence-corrected chi connectivity index (χ2v) is 10.3. The lowest BCUT2D eigenvalue weighted by Crippen LogP contribution is -2.45. The maximum absolute atomic E-state index is 11.2. The molecule has 5 nitrogen and oxygen atoms in total. The van der Waals surface area contributed by atoms with Gasteiger partial charge in [0.25, 0.3) is 0 Å². The number of hydrogen-bond acceptors (Lipinski definition) is 4. The molecule has 1 saturated heterocycles. The fourth-order valence-corrected chi connectivity index (χ4v) is 5.28. The Morgan fingerprint density at radius 2 is 1.28 bits per heavy atom. The SMILES string of the molecule is CCCCCCCCCCCCCCCC1OC1(CCC)C(C)(C)OS(=O)(=O)O. The van der Waals surface area contributed by atoms with Gasteiger partial charge in [0.05, 0.1) is 6.10 Å². The van der Waals surface area contributed by atoms with Crippen molar-refractivity contribution in [3.8, 4) is 0 Å². The van der Waals surface area contributed by atoms with E-state index in [0.29, 0.717) is 0 Å². The van der Waals surface area contributed by atoms with E-state index in [9.17, 15) is 8.42 Å². The Morgan fingerprint density at radius 1 is 0.828 bits per heavy atom. The van der Waals surface area contributed by atoms with Crippen molar-refractivity contribution in [3.63, 3.8) is 0 Å². The molecule has 1 N–H and O–H groups in total. The summed E-state index contributed by atoms with van der Waals surface area (Å²) in [5, 5.41) is 0. The van der Waals surface area contributed by atoms with Crippen LogP contribution in [0.15, 0.2) is 0 Å². The summed E-state index contributed by atoms with van der Waals surface area (Å²) < 4.78 is 42.4. The Kier molecular flexibility index (Phi) is 12.3. The lowest BCUT2D eigenvalue weighted by atomic mass is 9.82. The maximum atomic E-state index is 11.2. The summed E-state index contributed by atoms with van der Waals surface area (Å²) in [6, 6.07) is 0. The summed E-state index contributed by atoms with van der Waals surface area (Å²) in [5.74, 6) is 0. The third kappa shape index (κ3) is 10.1. The zero-order valence-electron chi connectivity index (χ0n) is 19.4. The standard InChI is InChI=1S/C23H46O5S/c1-5-7-8-9-10-11-12-13-14-15-16-17-18-19-21-23(27-21,20-6-2)22(3,4)28-29(24,25)26/h21H,5-20H2,1-4H3,(H,24,25,26). The Hall–Kier alpha value is -0.170. The Balaban J connectivity index is 2.11. The van der Waals surface area contributed by atoms with Gasteiger partial charge >= 0.3 is 10.4 Å². The average molecular weight is 435 g/mol. The van der Waals surface area contributed by atoms with Crippen LogP contribution in [0.1, 0.15) is 130 Å². The highest BCUT2D eigenvalue weighted by molar-refractivity contribution is 7.80. The smallest absolute Gasteiger partial charge is 0.363 e. The second kappa shape index (κ2) is 13.3. The molecule has 174 valence electrons. The molecular formula is C23H46O5S. The minimum absolute atomic E-state index is 0.0203. The first-order valence-electron chi connectivity index (χ1n) is 12.0. The zero-order chi connectivity index (χ0) is 21.8. The molecule has 1 rings (SSSR count). The van der Waals surface area contributed by atoms with E-state index in [1.807, 2.05) is 0 Å². The maximum Gasteiger partial charge on any atom is 0.397 e. The van der Waals surface area contributed by atoms with E-state index >= 15 is 0 Å². The third-order valence-electron chi connectivity index (χ3n) is 6.34. The molecule has 0 amide bonds. The average Bonchev–Trinajstić information content (AvgIpc) is 3.32. The molecule has 6 heteroatoms. The van der Waals surface area contributed by atoms with Gasteiger partial charge in [0.15, 0.2) is 0 Å². The molecule has 2 atom stereocenters. The fourth-order valence-electron chi connectivity index (χ4n) is 4.62. The molecule has 0 radical (unpaired) electrons. The van der Waals surface area contributed by atoms with Crippen LogP contribution in [0.3, 0.4) is 0 Å². The van der Waals surface area contributed by atoms with E-state index in [1.54, 1.807) is 13.8 Å². The van der Waals surface area contributed by atoms with Gasteiger partial charge in [0, 0.05) is 0 Å². The van der Waals surface area contributed by atoms with Crippen molar-refractivity contribution in [2.45, 2.75) is 148 Å². The number of rotatable bonds is 19. The monoisotopic (exact) mass is 434 g/mol. The molecule has 0 bridgehead atoms. The van der Waals surface area contributed by atoms with Crippen molar-refractivity contribution in [2.75, 3.05) is 0 Å². The molecule has 0 aromatic rings. The molecule has 1 aliphatic heterocycles. The predicted molar refractivity (Wildman–Crippen MR) is 120 cm³/mol. The number of hydrogen-bond donors (Lipinski definition) is 1. The quantitative estimate of drug-likeness (QED) is 0.134. The zero-order valence-corrected chi connectivity index (χ0v) is 20.2. The predicted octanol–water partition coefficient (Wildman–Crippen LogP) is 7.00. The Labute approximate surface area is 180 Å². The minimum atomic E-state index is -4.50. The molecule has 1 fully saturated rings. The van der Waals surface area contributed by atoms with Crippen molar-refractivity contribution < 1.29 is 21.9 Å². The van der Waals surface area contributed by atoms with Gasteiger partial charge in [-0.05, 0) is 26.7 Å². The molecule has 0 aromatic heterocycles. The van der Waals surface area contributed by atoms with Gasteiger partial charge in [0.2, 0.25) is 0 Å². The third-order valence-corrected chi connectivity index (χ3v) is 6.97. The van der Waals surface area contributed by atoms with Crippen LogP contribution < -0.4 is 0 Å². The minimum Gasteiger partial charge on any atom is -0.363 e. The van der Waals surface area contributed by atoms with Crippen LogP contribution in [-0.2, 0) is 19.3 Å². The molecule has 2 unspecified atom stereocenters. The summed E-state index contributed by atoms with van der Waals surface area (Å²) in [4.78, 5) is 0. The number of unbranched alkanes of at least 4 members (excludes halogenated alkanes) is 12. The van der Waals surface area contributed by atoms with E-state index in [0.717, 1.165) is 25.7 Å². The lowest BCUT2D eigenvalue weighted by Gasteiger charge is -2.30. The van der Waals surface area contributed by atoms with Crippen molar-refractivity contribution in [1.82, 2.24) is 0 Å². The van der Waals surface area contributed by atoms with Gasteiger partial charge in [0.1, 0.15) is 11.2 Å². The van der Waals surface area contributed by atoms with Crippen molar-refractivity contribution in [3.05, 3.63) is 0 Å². The van der Waals surface area contributed by atoms with E-state index in [4.69, 9.17) is 13.5 Å². The molecular weight excluding hydrogens is 388 g/mol. The number of epoxide rings is 1. The summed E-state index contributed by atoms with van der Waals surface area (Å²) in [6.07, 6.45) is 19.8. The van der Waals surface area contributed by atoms with E-state index in [-0.39, 0.29) is 6.10 Å². The van der Waals surface area contributed by atoms with Gasteiger partial charge in [-0.2, -0.15) is 8.42 Å². The summed E-state index contributed by atoms with van der Waals surface area (Å²) in [6.45, 7) is 7.70. The van der Waals surface area contributed by atoms with Gasteiger partial charge < -0.3 is 4.74 Å². The van der Waals surface area contributed by atoms with E-state index in [2.05, 4.69) is 13.8 Å². The van der Waals surface area contributed by atoms with E-state index < -0.39 is 21.6 Å². The molecule has 0 aliphatic carbocycles. The highest BCUT2D eigenvalue weighted by atomic mass is 32.3. The molecule has 1 heterocycles. The molecule has 0 saturated carbocycles. The van der Waals surface area contributed by atoms with E-state index in [1.165, 1.54) is 77.0 Å². The van der Waals surface area contributed by atoms with Crippen molar-refractivity contribution in [1.29, 1.82) is 0 Å². The number of ether oxygens (including phenoxy) is 1. The Morgan fingerprint density at radius 3 is 1.69 bits per heavy atom. The molecule has 1 aliphatic rings. The van der Waals surface area contributed by atoms with Crippen molar-refractivity contribution in [2.24, 2.45) is 0 Å². The highest BCUT2D eigenvalue weighted by Crippen LogP contribution is 2.52. The fraction of sp³-hybridized carbons (Fsp3) is 1.00. The van der Waals surface area contributed by atoms with Crippen LogP contribution in [0.5, 0.6) is 0 Å². The van der Waals surface area contributed by atoms with Crippen molar-refractivity contribution >= 4 is 10.4 Å². The first kappa shape index (κ1) is 26.9. The normalized spacial score (nSPS) is 22.2. The molecule has 0 spiro atoms.